The molecular formula is C12H17NO2. The predicted octanol–water partition coefficient (Wildman–Crippen LogP) is 1.55. The molecule has 3 heteroatoms. The first-order chi connectivity index (χ1) is 7.00. The molecule has 3 atom stereocenters. The standard InChI is InChI=1S/C12H17NO2/c1-7-4-10-9(7)5-8-6-15-12(2,3)13(8)11(10)14/h8-10H,1,4-6H2,2-3H3. The normalized spacial score (nSPS) is 42.3. The molecule has 1 amide bonds. The van der Waals surface area contributed by atoms with E-state index < -0.39 is 5.72 Å². The Morgan fingerprint density at radius 2 is 2.20 bits per heavy atom. The van der Waals surface area contributed by atoms with Crippen molar-refractivity contribution in [3.05, 3.63) is 12.2 Å². The van der Waals surface area contributed by atoms with Gasteiger partial charge in [0.2, 0.25) is 5.91 Å². The van der Waals surface area contributed by atoms with Gasteiger partial charge in [-0.3, -0.25) is 4.79 Å². The maximum absolute atomic E-state index is 12.2. The molecule has 0 aromatic heterocycles. The number of hydrogen-bond acceptors (Lipinski definition) is 2. The molecule has 3 unspecified atom stereocenters. The number of allylic oxidation sites excluding steroid dienone is 1. The molecular weight excluding hydrogens is 190 g/mol. The van der Waals surface area contributed by atoms with Gasteiger partial charge >= 0.3 is 0 Å². The number of hydrogen-bond donors (Lipinski definition) is 0. The van der Waals surface area contributed by atoms with E-state index in [9.17, 15) is 4.79 Å². The number of piperidine rings is 1. The minimum Gasteiger partial charge on any atom is -0.354 e. The minimum absolute atomic E-state index is 0.203. The number of carbonyl (C=O) groups is 1. The van der Waals surface area contributed by atoms with Gasteiger partial charge in [0.05, 0.1) is 12.6 Å². The summed E-state index contributed by atoms with van der Waals surface area (Å²) < 4.78 is 5.69. The van der Waals surface area contributed by atoms with Crippen LogP contribution in [0.4, 0.5) is 0 Å². The summed E-state index contributed by atoms with van der Waals surface area (Å²) in [5, 5.41) is 0. The Morgan fingerprint density at radius 3 is 2.87 bits per heavy atom. The van der Waals surface area contributed by atoms with Crippen molar-refractivity contribution in [2.45, 2.75) is 38.5 Å². The highest BCUT2D eigenvalue weighted by molar-refractivity contribution is 5.83. The number of fused-ring (bicyclic) bond motifs is 2. The molecule has 3 rings (SSSR count). The molecule has 1 saturated carbocycles. The maximum atomic E-state index is 12.2. The van der Waals surface area contributed by atoms with Crippen molar-refractivity contribution in [3.63, 3.8) is 0 Å². The van der Waals surface area contributed by atoms with Gasteiger partial charge in [0.15, 0.2) is 0 Å². The van der Waals surface area contributed by atoms with E-state index in [-0.39, 0.29) is 17.9 Å². The monoisotopic (exact) mass is 207 g/mol. The third-order valence-electron chi connectivity index (χ3n) is 4.15. The van der Waals surface area contributed by atoms with Crippen LogP contribution in [-0.4, -0.2) is 29.2 Å². The van der Waals surface area contributed by atoms with E-state index in [1.165, 1.54) is 5.57 Å². The van der Waals surface area contributed by atoms with Gasteiger partial charge in [-0.15, -0.1) is 0 Å². The highest BCUT2D eigenvalue weighted by Crippen LogP contribution is 2.50. The smallest absolute Gasteiger partial charge is 0.229 e. The fraction of sp³-hybridized carbons (Fsp3) is 0.750. The van der Waals surface area contributed by atoms with Crippen LogP contribution in [0, 0.1) is 11.8 Å². The number of amides is 1. The Kier molecular flexibility index (Phi) is 1.66. The van der Waals surface area contributed by atoms with Gasteiger partial charge in [-0.2, -0.15) is 0 Å². The molecule has 3 aliphatic rings. The van der Waals surface area contributed by atoms with Crippen molar-refractivity contribution in [2.75, 3.05) is 6.61 Å². The lowest BCUT2D eigenvalue weighted by atomic mass is 9.64. The van der Waals surface area contributed by atoms with Gasteiger partial charge in [-0.1, -0.05) is 12.2 Å². The number of carbonyl (C=O) groups excluding carboxylic acids is 1. The fourth-order valence-electron chi connectivity index (χ4n) is 3.26. The van der Waals surface area contributed by atoms with Crippen molar-refractivity contribution < 1.29 is 9.53 Å². The van der Waals surface area contributed by atoms with E-state index in [0.29, 0.717) is 12.5 Å². The minimum atomic E-state index is -0.399. The van der Waals surface area contributed by atoms with Crippen molar-refractivity contribution in [1.82, 2.24) is 4.90 Å². The summed E-state index contributed by atoms with van der Waals surface area (Å²) in [4.78, 5) is 14.2. The van der Waals surface area contributed by atoms with Crippen molar-refractivity contribution in [3.8, 4) is 0 Å². The highest BCUT2D eigenvalue weighted by atomic mass is 16.5. The zero-order valence-corrected chi connectivity index (χ0v) is 9.32. The largest absolute Gasteiger partial charge is 0.354 e. The van der Waals surface area contributed by atoms with E-state index in [1.54, 1.807) is 0 Å². The van der Waals surface area contributed by atoms with Crippen molar-refractivity contribution >= 4 is 5.91 Å². The molecule has 2 heterocycles. The summed E-state index contributed by atoms with van der Waals surface area (Å²) in [7, 11) is 0. The van der Waals surface area contributed by atoms with E-state index in [1.807, 2.05) is 18.7 Å². The molecule has 1 aliphatic carbocycles. The Bertz CT molecular complexity index is 348. The molecule has 0 aromatic rings. The summed E-state index contributed by atoms with van der Waals surface area (Å²) in [5.41, 5.74) is 0.863. The Morgan fingerprint density at radius 1 is 1.47 bits per heavy atom. The van der Waals surface area contributed by atoms with Gasteiger partial charge in [-0.05, 0) is 32.6 Å². The van der Waals surface area contributed by atoms with Crippen LogP contribution in [0.25, 0.3) is 0 Å². The Balaban J connectivity index is 1.91. The summed E-state index contributed by atoms with van der Waals surface area (Å²) in [6.07, 6.45) is 1.95. The van der Waals surface area contributed by atoms with Gasteiger partial charge < -0.3 is 9.64 Å². The molecule has 3 nitrogen and oxygen atoms in total. The first kappa shape index (κ1) is 9.40. The van der Waals surface area contributed by atoms with Crippen LogP contribution in [0.2, 0.25) is 0 Å². The quantitative estimate of drug-likeness (QED) is 0.564. The van der Waals surface area contributed by atoms with Crippen molar-refractivity contribution in [1.29, 1.82) is 0 Å². The topological polar surface area (TPSA) is 29.5 Å². The third-order valence-corrected chi connectivity index (χ3v) is 4.15. The van der Waals surface area contributed by atoms with Crippen molar-refractivity contribution in [2.24, 2.45) is 11.8 Å². The first-order valence-corrected chi connectivity index (χ1v) is 5.65. The van der Waals surface area contributed by atoms with Crippen LogP contribution >= 0.6 is 0 Å². The molecule has 3 fully saturated rings. The molecule has 2 aliphatic heterocycles. The van der Waals surface area contributed by atoms with E-state index in [4.69, 9.17) is 4.74 Å². The predicted molar refractivity (Wildman–Crippen MR) is 56.0 cm³/mol. The molecule has 0 N–H and O–H groups in total. The van der Waals surface area contributed by atoms with Gasteiger partial charge in [0.1, 0.15) is 5.72 Å². The lowest BCUT2D eigenvalue weighted by Crippen LogP contribution is -2.58. The van der Waals surface area contributed by atoms with Crippen LogP contribution in [0.3, 0.4) is 0 Å². The van der Waals surface area contributed by atoms with Crippen LogP contribution < -0.4 is 0 Å². The average Bonchev–Trinajstić information content (AvgIpc) is 2.45. The summed E-state index contributed by atoms with van der Waals surface area (Å²) in [5.74, 6) is 0.928. The summed E-state index contributed by atoms with van der Waals surface area (Å²) in [6.45, 7) is 8.68. The molecule has 0 spiro atoms. The third kappa shape index (κ3) is 1.07. The van der Waals surface area contributed by atoms with Crippen LogP contribution in [0.5, 0.6) is 0 Å². The molecule has 82 valence electrons. The number of ether oxygens (including phenoxy) is 1. The molecule has 2 saturated heterocycles. The van der Waals surface area contributed by atoms with Gasteiger partial charge in [-0.25, -0.2) is 0 Å². The lowest BCUT2D eigenvalue weighted by Gasteiger charge is -2.49. The van der Waals surface area contributed by atoms with Crippen LogP contribution in [-0.2, 0) is 9.53 Å². The summed E-state index contributed by atoms with van der Waals surface area (Å²) in [6, 6.07) is 0.283. The Hall–Kier alpha value is -0.830. The average molecular weight is 207 g/mol. The highest BCUT2D eigenvalue weighted by Gasteiger charge is 2.55. The molecule has 15 heavy (non-hydrogen) atoms. The fourth-order valence-corrected chi connectivity index (χ4v) is 3.26. The maximum Gasteiger partial charge on any atom is 0.229 e. The summed E-state index contributed by atoms with van der Waals surface area (Å²) >= 11 is 0. The van der Waals surface area contributed by atoms with Crippen LogP contribution in [0.1, 0.15) is 26.7 Å². The van der Waals surface area contributed by atoms with Gasteiger partial charge in [0.25, 0.3) is 0 Å². The first-order valence-electron chi connectivity index (χ1n) is 5.65. The van der Waals surface area contributed by atoms with E-state index in [2.05, 4.69) is 6.58 Å². The zero-order chi connectivity index (χ0) is 10.8. The second-order valence-corrected chi connectivity index (χ2v) is 5.43. The second kappa shape index (κ2) is 2.64. The zero-order valence-electron chi connectivity index (χ0n) is 9.32. The molecule has 0 aromatic carbocycles. The number of rotatable bonds is 0. The number of nitrogens with zero attached hydrogens (tertiary/aromatic N) is 1. The SMILES string of the molecule is C=C1CC2C(=O)N3C(COC3(C)C)CC12. The van der Waals surface area contributed by atoms with E-state index >= 15 is 0 Å². The molecule has 0 radical (unpaired) electrons. The van der Waals surface area contributed by atoms with Crippen LogP contribution in [0.15, 0.2) is 12.2 Å². The Labute approximate surface area is 90.1 Å². The van der Waals surface area contributed by atoms with E-state index in [0.717, 1.165) is 12.8 Å². The molecule has 0 bridgehead atoms. The second-order valence-electron chi connectivity index (χ2n) is 5.43. The lowest BCUT2D eigenvalue weighted by molar-refractivity contribution is -0.159. The van der Waals surface area contributed by atoms with Gasteiger partial charge in [0, 0.05) is 5.92 Å².